The van der Waals surface area contributed by atoms with E-state index in [0.717, 1.165) is 6.42 Å². The van der Waals surface area contributed by atoms with Crippen LogP contribution in [0.25, 0.3) is 0 Å². The van der Waals surface area contributed by atoms with Crippen molar-refractivity contribution in [1.82, 2.24) is 5.32 Å². The molecule has 0 aromatic heterocycles. The van der Waals surface area contributed by atoms with E-state index in [1.54, 1.807) is 13.8 Å². The zero-order chi connectivity index (χ0) is 12.8. The Kier molecular flexibility index (Phi) is 5.96. The third kappa shape index (κ3) is 7.64. The van der Waals surface area contributed by atoms with Crippen molar-refractivity contribution in [3.8, 4) is 0 Å². The predicted octanol–water partition coefficient (Wildman–Crippen LogP) is 0.654. The lowest BCUT2D eigenvalue weighted by atomic mass is 10.1. The van der Waals surface area contributed by atoms with Crippen molar-refractivity contribution in [3.63, 3.8) is 0 Å². The molecule has 0 aromatic rings. The SMILES string of the molecule is CCCCS(=O)(=O)CC(C)(C)NCC(=O)O. The highest BCUT2D eigenvalue weighted by Gasteiger charge is 2.25. The average Bonchev–Trinajstić information content (AvgIpc) is 2.10. The maximum absolute atomic E-state index is 11.7. The van der Waals surface area contributed by atoms with E-state index in [1.165, 1.54) is 0 Å². The van der Waals surface area contributed by atoms with Gasteiger partial charge in [0, 0.05) is 5.54 Å². The molecule has 0 spiro atoms. The predicted molar refractivity (Wildman–Crippen MR) is 63.3 cm³/mol. The molecule has 0 amide bonds. The molecule has 0 aliphatic rings. The van der Waals surface area contributed by atoms with E-state index in [1.807, 2.05) is 6.92 Å². The number of hydrogen-bond donors (Lipinski definition) is 2. The Morgan fingerprint density at radius 2 is 1.94 bits per heavy atom. The molecule has 0 aromatic carbocycles. The van der Waals surface area contributed by atoms with Crippen LogP contribution in [-0.2, 0) is 14.6 Å². The van der Waals surface area contributed by atoms with Crippen molar-refractivity contribution < 1.29 is 18.3 Å². The van der Waals surface area contributed by atoms with Gasteiger partial charge in [0.15, 0.2) is 9.84 Å². The molecule has 16 heavy (non-hydrogen) atoms. The van der Waals surface area contributed by atoms with Crippen LogP contribution < -0.4 is 5.32 Å². The number of carboxylic acids is 1. The molecule has 0 atom stereocenters. The molecule has 0 unspecified atom stereocenters. The molecule has 0 rings (SSSR count). The molecule has 2 N–H and O–H groups in total. The summed E-state index contributed by atoms with van der Waals surface area (Å²) in [5, 5.41) is 11.2. The van der Waals surface area contributed by atoms with Crippen molar-refractivity contribution >= 4 is 15.8 Å². The molecule has 5 nitrogen and oxygen atoms in total. The lowest BCUT2D eigenvalue weighted by Gasteiger charge is -2.25. The van der Waals surface area contributed by atoms with Gasteiger partial charge in [-0.1, -0.05) is 13.3 Å². The standard InChI is InChI=1S/C10H21NO4S/c1-4-5-6-16(14,15)8-10(2,3)11-7-9(12)13/h11H,4-8H2,1-3H3,(H,12,13). The minimum absolute atomic E-state index is 0.0344. The van der Waals surface area contributed by atoms with Gasteiger partial charge >= 0.3 is 5.97 Å². The number of carbonyl (C=O) groups is 1. The summed E-state index contributed by atoms with van der Waals surface area (Å²) in [7, 11) is -3.10. The van der Waals surface area contributed by atoms with Gasteiger partial charge in [0.1, 0.15) is 0 Å². The summed E-state index contributed by atoms with van der Waals surface area (Å²) in [6, 6.07) is 0. The van der Waals surface area contributed by atoms with Gasteiger partial charge in [0.25, 0.3) is 0 Å². The molecule has 96 valence electrons. The number of carboxylic acid groups (broad SMARTS) is 1. The Hall–Kier alpha value is -0.620. The normalized spacial score (nSPS) is 12.7. The third-order valence-electron chi connectivity index (χ3n) is 2.11. The smallest absolute Gasteiger partial charge is 0.317 e. The lowest BCUT2D eigenvalue weighted by molar-refractivity contribution is -0.136. The van der Waals surface area contributed by atoms with Crippen LogP contribution in [0.3, 0.4) is 0 Å². The first-order valence-electron chi connectivity index (χ1n) is 5.36. The lowest BCUT2D eigenvalue weighted by Crippen LogP contribution is -2.47. The monoisotopic (exact) mass is 251 g/mol. The summed E-state index contributed by atoms with van der Waals surface area (Å²) >= 11 is 0. The van der Waals surface area contributed by atoms with Crippen LogP contribution in [-0.4, -0.2) is 43.1 Å². The second kappa shape index (κ2) is 6.20. The van der Waals surface area contributed by atoms with Gasteiger partial charge in [-0.25, -0.2) is 8.42 Å². The van der Waals surface area contributed by atoms with E-state index in [2.05, 4.69) is 5.32 Å². The van der Waals surface area contributed by atoms with E-state index in [-0.39, 0.29) is 18.1 Å². The number of unbranched alkanes of at least 4 members (excludes halogenated alkanes) is 1. The number of aliphatic carboxylic acids is 1. The van der Waals surface area contributed by atoms with Gasteiger partial charge in [0.05, 0.1) is 18.1 Å². The van der Waals surface area contributed by atoms with E-state index in [4.69, 9.17) is 5.11 Å². The van der Waals surface area contributed by atoms with Crippen LogP contribution in [0, 0.1) is 0 Å². The highest BCUT2D eigenvalue weighted by molar-refractivity contribution is 7.91. The van der Waals surface area contributed by atoms with Gasteiger partial charge in [-0.15, -0.1) is 0 Å². The first kappa shape index (κ1) is 15.4. The van der Waals surface area contributed by atoms with Crippen LogP contribution in [0.2, 0.25) is 0 Å². The molecule has 0 bridgehead atoms. The average molecular weight is 251 g/mol. The molecule has 6 heteroatoms. The zero-order valence-corrected chi connectivity index (χ0v) is 10.9. The van der Waals surface area contributed by atoms with Gasteiger partial charge in [-0.05, 0) is 20.3 Å². The van der Waals surface area contributed by atoms with Crippen LogP contribution in [0.15, 0.2) is 0 Å². The van der Waals surface area contributed by atoms with Crippen LogP contribution in [0.1, 0.15) is 33.6 Å². The molecule has 0 aliphatic heterocycles. The Balaban J connectivity index is 4.28. The highest BCUT2D eigenvalue weighted by atomic mass is 32.2. The second-order valence-electron chi connectivity index (χ2n) is 4.58. The maximum Gasteiger partial charge on any atom is 0.317 e. The first-order chi connectivity index (χ1) is 7.18. The first-order valence-corrected chi connectivity index (χ1v) is 7.18. The van der Waals surface area contributed by atoms with E-state index in [9.17, 15) is 13.2 Å². The number of sulfone groups is 1. The third-order valence-corrected chi connectivity index (χ3v) is 4.18. The summed E-state index contributed by atoms with van der Waals surface area (Å²) < 4.78 is 23.3. The fourth-order valence-corrected chi connectivity index (χ4v) is 3.43. The Morgan fingerprint density at radius 1 is 1.38 bits per heavy atom. The van der Waals surface area contributed by atoms with E-state index in [0.29, 0.717) is 6.42 Å². The van der Waals surface area contributed by atoms with Crippen molar-refractivity contribution in [3.05, 3.63) is 0 Å². The van der Waals surface area contributed by atoms with Gasteiger partial charge in [-0.3, -0.25) is 4.79 Å². The summed E-state index contributed by atoms with van der Waals surface area (Å²) in [6.07, 6.45) is 1.49. The molecular weight excluding hydrogens is 230 g/mol. The minimum Gasteiger partial charge on any atom is -0.480 e. The fraction of sp³-hybridized carbons (Fsp3) is 0.900. The highest BCUT2D eigenvalue weighted by Crippen LogP contribution is 2.09. The fourth-order valence-electron chi connectivity index (χ4n) is 1.35. The van der Waals surface area contributed by atoms with Crippen molar-refractivity contribution in [2.75, 3.05) is 18.1 Å². The van der Waals surface area contributed by atoms with Crippen molar-refractivity contribution in [2.24, 2.45) is 0 Å². The number of hydrogen-bond acceptors (Lipinski definition) is 4. The van der Waals surface area contributed by atoms with Gasteiger partial charge in [-0.2, -0.15) is 0 Å². The maximum atomic E-state index is 11.7. The quantitative estimate of drug-likeness (QED) is 0.662. The molecule has 0 heterocycles. The van der Waals surface area contributed by atoms with Crippen LogP contribution in [0.5, 0.6) is 0 Å². The van der Waals surface area contributed by atoms with Crippen LogP contribution in [0.4, 0.5) is 0 Å². The largest absolute Gasteiger partial charge is 0.480 e. The summed E-state index contributed by atoms with van der Waals surface area (Å²) in [6.45, 7) is 5.10. The molecular formula is C10H21NO4S. The van der Waals surface area contributed by atoms with Crippen molar-refractivity contribution in [2.45, 2.75) is 39.2 Å². The molecule has 0 aliphatic carbocycles. The Bertz CT molecular complexity index is 322. The van der Waals surface area contributed by atoms with E-state index >= 15 is 0 Å². The summed E-state index contributed by atoms with van der Waals surface area (Å²) in [5.41, 5.74) is -0.703. The summed E-state index contributed by atoms with van der Waals surface area (Å²) in [4.78, 5) is 10.4. The minimum atomic E-state index is -3.10. The van der Waals surface area contributed by atoms with Gasteiger partial charge < -0.3 is 10.4 Å². The second-order valence-corrected chi connectivity index (χ2v) is 6.76. The van der Waals surface area contributed by atoms with Crippen molar-refractivity contribution in [1.29, 1.82) is 0 Å². The molecule has 0 radical (unpaired) electrons. The molecule has 0 saturated carbocycles. The number of rotatable bonds is 8. The molecule has 0 saturated heterocycles. The molecule has 0 fully saturated rings. The zero-order valence-electron chi connectivity index (χ0n) is 10.1. The topological polar surface area (TPSA) is 83.5 Å². The van der Waals surface area contributed by atoms with E-state index < -0.39 is 21.3 Å². The Morgan fingerprint density at radius 3 is 2.38 bits per heavy atom. The van der Waals surface area contributed by atoms with Crippen LogP contribution >= 0.6 is 0 Å². The number of nitrogens with one attached hydrogen (secondary N) is 1. The summed E-state index contributed by atoms with van der Waals surface area (Å²) in [5.74, 6) is -0.853. The Labute approximate surface area is 97.2 Å². The van der Waals surface area contributed by atoms with Gasteiger partial charge in [0.2, 0.25) is 0 Å².